The molecule has 0 fully saturated rings. The Morgan fingerprint density at radius 1 is 1.36 bits per heavy atom. The molecule has 1 amide bonds. The fraction of sp³-hybridized carbons (Fsp3) is 0.591. The van der Waals surface area contributed by atoms with Gasteiger partial charge in [-0.2, -0.15) is 0 Å². The van der Waals surface area contributed by atoms with Crippen LogP contribution in [0.5, 0.6) is 0 Å². The zero-order chi connectivity index (χ0) is 20.9. The highest BCUT2D eigenvalue weighted by Gasteiger charge is 2.29. The Balaban J connectivity index is 0.000000878. The van der Waals surface area contributed by atoms with Crippen LogP contribution in [0.4, 0.5) is 0 Å². The van der Waals surface area contributed by atoms with Crippen LogP contribution >= 0.6 is 11.3 Å². The van der Waals surface area contributed by atoms with Gasteiger partial charge in [0, 0.05) is 24.2 Å². The lowest BCUT2D eigenvalue weighted by Crippen LogP contribution is -2.30. The fourth-order valence-electron chi connectivity index (χ4n) is 3.80. The van der Waals surface area contributed by atoms with Crippen molar-refractivity contribution in [3.8, 4) is 0 Å². The van der Waals surface area contributed by atoms with E-state index in [1.54, 1.807) is 11.3 Å². The summed E-state index contributed by atoms with van der Waals surface area (Å²) in [7, 11) is 0. The van der Waals surface area contributed by atoms with Crippen LogP contribution in [0, 0.1) is 11.3 Å². The first kappa shape index (κ1) is 22.3. The molecule has 1 aliphatic rings. The summed E-state index contributed by atoms with van der Waals surface area (Å²) in [4.78, 5) is 29.8. The first-order chi connectivity index (χ1) is 13.2. The van der Waals surface area contributed by atoms with Gasteiger partial charge in [0.1, 0.15) is 4.83 Å². The van der Waals surface area contributed by atoms with Crippen molar-refractivity contribution in [1.82, 2.24) is 9.88 Å². The number of carbonyl (C=O) groups is 2. The van der Waals surface area contributed by atoms with Crippen LogP contribution in [0.3, 0.4) is 0 Å². The number of pyridine rings is 1. The van der Waals surface area contributed by atoms with E-state index in [2.05, 4.69) is 39.8 Å². The normalized spacial score (nSPS) is 16.1. The van der Waals surface area contributed by atoms with E-state index in [1.807, 2.05) is 11.8 Å². The SMILES string of the molecule is CCCN(CC)C(=O)c1cc2cc3c(nc2s1)CCC(C(C)(C)C)C3.O=CO. The van der Waals surface area contributed by atoms with Gasteiger partial charge >= 0.3 is 0 Å². The van der Waals surface area contributed by atoms with Gasteiger partial charge in [0.25, 0.3) is 12.4 Å². The Kier molecular flexibility index (Phi) is 7.58. The number of fused-ring (bicyclic) bond motifs is 2. The van der Waals surface area contributed by atoms with E-state index in [4.69, 9.17) is 14.9 Å². The molecule has 0 aromatic carbocycles. The molecule has 0 radical (unpaired) electrons. The molecule has 2 aromatic rings. The average molecular weight is 405 g/mol. The number of rotatable bonds is 4. The second-order valence-corrected chi connectivity index (χ2v) is 9.43. The summed E-state index contributed by atoms with van der Waals surface area (Å²) in [6.07, 6.45) is 4.38. The highest BCUT2D eigenvalue weighted by molar-refractivity contribution is 7.20. The molecule has 5 nitrogen and oxygen atoms in total. The lowest BCUT2D eigenvalue weighted by atomic mass is 9.71. The van der Waals surface area contributed by atoms with Crippen molar-refractivity contribution in [2.24, 2.45) is 11.3 Å². The molecule has 0 spiro atoms. The quantitative estimate of drug-likeness (QED) is 0.726. The molecule has 154 valence electrons. The summed E-state index contributed by atoms with van der Waals surface area (Å²) in [6.45, 7) is 12.5. The number of hydrogen-bond donors (Lipinski definition) is 1. The zero-order valence-electron chi connectivity index (χ0n) is 17.6. The molecule has 0 bridgehead atoms. The smallest absolute Gasteiger partial charge is 0.290 e. The lowest BCUT2D eigenvalue weighted by Gasteiger charge is -2.34. The lowest BCUT2D eigenvalue weighted by molar-refractivity contribution is -0.122. The molecular weight excluding hydrogens is 372 g/mol. The summed E-state index contributed by atoms with van der Waals surface area (Å²) in [6, 6.07) is 4.34. The van der Waals surface area contributed by atoms with Gasteiger partial charge in [0.05, 0.1) is 4.88 Å². The molecule has 1 atom stereocenters. The number of carbonyl (C=O) groups excluding carboxylic acids is 1. The number of hydrogen-bond acceptors (Lipinski definition) is 4. The third kappa shape index (κ3) is 5.10. The number of amides is 1. The van der Waals surface area contributed by atoms with E-state index in [-0.39, 0.29) is 12.4 Å². The minimum Gasteiger partial charge on any atom is -0.483 e. The van der Waals surface area contributed by atoms with E-state index in [0.29, 0.717) is 11.3 Å². The molecule has 2 aromatic heterocycles. The largest absolute Gasteiger partial charge is 0.483 e. The molecule has 28 heavy (non-hydrogen) atoms. The monoisotopic (exact) mass is 404 g/mol. The third-order valence-electron chi connectivity index (χ3n) is 5.47. The van der Waals surface area contributed by atoms with E-state index >= 15 is 0 Å². The van der Waals surface area contributed by atoms with Gasteiger partial charge in [-0.25, -0.2) is 4.98 Å². The minimum absolute atomic E-state index is 0.151. The van der Waals surface area contributed by atoms with Crippen LogP contribution in [0.15, 0.2) is 12.1 Å². The molecule has 0 aliphatic heterocycles. The molecule has 6 heteroatoms. The standard InChI is InChI=1S/C21H30N2OS.CH2O2/c1-6-10-23(7-2)20(24)18-13-15-11-14-12-16(21(3,4)5)8-9-17(14)22-19(15)25-18;2-1-3/h11,13,16H,6-10,12H2,1-5H3;1H,(H,2,3). The first-order valence-electron chi connectivity index (χ1n) is 10.0. The Hall–Kier alpha value is -1.95. The van der Waals surface area contributed by atoms with E-state index in [1.165, 1.54) is 17.7 Å². The number of aromatic nitrogens is 1. The van der Waals surface area contributed by atoms with E-state index < -0.39 is 0 Å². The Morgan fingerprint density at radius 3 is 2.61 bits per heavy atom. The first-order valence-corrected chi connectivity index (χ1v) is 10.9. The van der Waals surface area contributed by atoms with Gasteiger partial charge in [0.15, 0.2) is 0 Å². The number of aryl methyl sites for hydroxylation is 1. The van der Waals surface area contributed by atoms with Crippen LogP contribution in [-0.4, -0.2) is 40.5 Å². The van der Waals surface area contributed by atoms with Crippen molar-refractivity contribution in [2.75, 3.05) is 13.1 Å². The number of carboxylic acid groups (broad SMARTS) is 1. The van der Waals surface area contributed by atoms with Crippen LogP contribution in [-0.2, 0) is 17.6 Å². The van der Waals surface area contributed by atoms with Crippen LogP contribution < -0.4 is 0 Å². The molecule has 1 N–H and O–H groups in total. The number of thiophene rings is 1. The van der Waals surface area contributed by atoms with Crippen LogP contribution in [0.25, 0.3) is 10.2 Å². The van der Waals surface area contributed by atoms with Gasteiger partial charge in [-0.1, -0.05) is 27.7 Å². The topological polar surface area (TPSA) is 70.5 Å². The fourth-order valence-corrected chi connectivity index (χ4v) is 4.80. The van der Waals surface area contributed by atoms with E-state index in [0.717, 1.165) is 47.4 Å². The molecule has 0 saturated carbocycles. The van der Waals surface area contributed by atoms with Gasteiger partial charge in [0.2, 0.25) is 0 Å². The summed E-state index contributed by atoms with van der Waals surface area (Å²) >= 11 is 1.55. The maximum Gasteiger partial charge on any atom is 0.290 e. The molecule has 2 heterocycles. The van der Waals surface area contributed by atoms with Crippen LogP contribution in [0.1, 0.15) is 68.4 Å². The van der Waals surface area contributed by atoms with Gasteiger partial charge in [-0.05, 0) is 61.6 Å². The van der Waals surface area contributed by atoms with Gasteiger partial charge in [-0.15, -0.1) is 11.3 Å². The summed E-state index contributed by atoms with van der Waals surface area (Å²) in [5, 5.41) is 8.02. The molecular formula is C22H32N2O3S. The van der Waals surface area contributed by atoms with Crippen LogP contribution in [0.2, 0.25) is 0 Å². The van der Waals surface area contributed by atoms with Gasteiger partial charge < -0.3 is 10.0 Å². The Morgan fingerprint density at radius 2 is 2.04 bits per heavy atom. The average Bonchev–Trinajstić information content (AvgIpc) is 3.05. The summed E-state index contributed by atoms with van der Waals surface area (Å²) < 4.78 is 0. The second-order valence-electron chi connectivity index (χ2n) is 8.40. The molecule has 3 rings (SSSR count). The molecule has 1 unspecified atom stereocenters. The highest BCUT2D eigenvalue weighted by Crippen LogP contribution is 2.38. The van der Waals surface area contributed by atoms with Crippen molar-refractivity contribution in [2.45, 2.75) is 60.3 Å². The third-order valence-corrected chi connectivity index (χ3v) is 6.50. The van der Waals surface area contributed by atoms with Gasteiger partial charge in [-0.3, -0.25) is 9.59 Å². The maximum absolute atomic E-state index is 12.7. The summed E-state index contributed by atoms with van der Waals surface area (Å²) in [5.41, 5.74) is 2.97. The van der Waals surface area contributed by atoms with Crippen molar-refractivity contribution in [1.29, 1.82) is 0 Å². The van der Waals surface area contributed by atoms with Crippen molar-refractivity contribution in [3.05, 3.63) is 28.3 Å². The minimum atomic E-state index is -0.250. The summed E-state index contributed by atoms with van der Waals surface area (Å²) in [5.74, 6) is 0.858. The predicted octanol–water partition coefficient (Wildman–Crippen LogP) is 5.02. The Labute approximate surface area is 171 Å². The second kappa shape index (κ2) is 9.50. The van der Waals surface area contributed by atoms with E-state index in [9.17, 15) is 4.79 Å². The van der Waals surface area contributed by atoms with Crippen molar-refractivity contribution < 1.29 is 14.7 Å². The van der Waals surface area contributed by atoms with Crippen molar-refractivity contribution >= 4 is 33.9 Å². The highest BCUT2D eigenvalue weighted by atomic mass is 32.1. The Bertz CT molecular complexity index is 823. The molecule has 0 saturated heterocycles. The predicted molar refractivity (Wildman–Crippen MR) is 115 cm³/mol. The maximum atomic E-state index is 12.7. The molecule has 1 aliphatic carbocycles. The number of nitrogens with zero attached hydrogens (tertiary/aromatic N) is 2. The zero-order valence-corrected chi connectivity index (χ0v) is 18.4. The van der Waals surface area contributed by atoms with Crippen molar-refractivity contribution in [3.63, 3.8) is 0 Å².